The molecule has 142 valence electrons. The second-order valence-electron chi connectivity index (χ2n) is 7.50. The minimum atomic E-state index is -0.639. The first-order valence-electron chi connectivity index (χ1n) is 8.63. The molecule has 0 aromatic heterocycles. The first kappa shape index (κ1) is 19.8. The highest BCUT2D eigenvalue weighted by atomic mass is 16.6. The summed E-state index contributed by atoms with van der Waals surface area (Å²) in [5, 5.41) is 19.5. The van der Waals surface area contributed by atoms with Crippen molar-refractivity contribution in [3.05, 3.63) is 23.8 Å². The lowest BCUT2D eigenvalue weighted by molar-refractivity contribution is -0.123. The summed E-state index contributed by atoms with van der Waals surface area (Å²) in [4.78, 5) is 38.5. The van der Waals surface area contributed by atoms with E-state index in [2.05, 4.69) is 0 Å². The van der Waals surface area contributed by atoms with Crippen LogP contribution in [0.4, 0.5) is 4.79 Å². The molecule has 1 saturated heterocycles. The maximum atomic E-state index is 12.5. The first-order chi connectivity index (χ1) is 12.1. The normalized spacial score (nSPS) is 17.7. The van der Waals surface area contributed by atoms with E-state index < -0.39 is 29.8 Å². The highest BCUT2D eigenvalue weighted by Gasteiger charge is 2.32. The lowest BCUT2D eigenvalue weighted by Gasteiger charge is -2.33. The van der Waals surface area contributed by atoms with Crippen LogP contribution in [0.3, 0.4) is 0 Å². The summed E-state index contributed by atoms with van der Waals surface area (Å²) < 4.78 is 5.33. The van der Waals surface area contributed by atoms with Crippen LogP contribution in [-0.4, -0.2) is 51.5 Å². The quantitative estimate of drug-likeness (QED) is 0.630. The molecule has 2 rings (SSSR count). The van der Waals surface area contributed by atoms with Crippen molar-refractivity contribution >= 4 is 17.7 Å². The van der Waals surface area contributed by atoms with Crippen molar-refractivity contribution in [2.75, 3.05) is 13.1 Å². The van der Waals surface area contributed by atoms with Gasteiger partial charge < -0.3 is 19.8 Å². The molecule has 1 aliphatic heterocycles. The van der Waals surface area contributed by atoms with E-state index in [-0.39, 0.29) is 29.4 Å². The number of aromatic hydroxyl groups is 2. The molecule has 1 aromatic carbocycles. The molecule has 1 amide bonds. The molecule has 0 aliphatic carbocycles. The number of carbonyl (C=O) groups is 3. The van der Waals surface area contributed by atoms with E-state index in [0.29, 0.717) is 19.4 Å². The van der Waals surface area contributed by atoms with Gasteiger partial charge in [-0.15, -0.1) is 0 Å². The third-order valence-electron chi connectivity index (χ3n) is 4.16. The number of hydrogen-bond acceptors (Lipinski definition) is 6. The highest BCUT2D eigenvalue weighted by Crippen LogP contribution is 2.29. The second-order valence-corrected chi connectivity index (χ2v) is 7.50. The van der Waals surface area contributed by atoms with Crippen LogP contribution in [0.15, 0.2) is 18.2 Å². The molecular weight excluding hydrogens is 338 g/mol. The van der Waals surface area contributed by atoms with Crippen LogP contribution in [0, 0.1) is 5.92 Å². The van der Waals surface area contributed by atoms with Crippen LogP contribution in [-0.2, 0) is 9.53 Å². The van der Waals surface area contributed by atoms with Crippen molar-refractivity contribution in [3.8, 4) is 11.5 Å². The van der Waals surface area contributed by atoms with E-state index in [1.54, 1.807) is 20.8 Å². The van der Waals surface area contributed by atoms with Crippen LogP contribution >= 0.6 is 0 Å². The molecule has 7 heteroatoms. The molecule has 0 bridgehead atoms. The smallest absolute Gasteiger partial charge is 0.410 e. The minimum absolute atomic E-state index is 0.202. The number of phenols is 2. The van der Waals surface area contributed by atoms with Gasteiger partial charge in [-0.3, -0.25) is 9.59 Å². The van der Waals surface area contributed by atoms with Gasteiger partial charge >= 0.3 is 6.09 Å². The lowest BCUT2D eigenvalue weighted by Crippen LogP contribution is -2.44. The van der Waals surface area contributed by atoms with E-state index in [0.717, 1.165) is 0 Å². The maximum absolute atomic E-state index is 12.5. The Bertz CT molecular complexity index is 686. The van der Waals surface area contributed by atoms with Gasteiger partial charge in [0.15, 0.2) is 5.78 Å². The van der Waals surface area contributed by atoms with Gasteiger partial charge in [0.2, 0.25) is 0 Å². The minimum Gasteiger partial charge on any atom is -0.507 e. The Labute approximate surface area is 152 Å². The molecule has 2 N–H and O–H groups in total. The first-order valence-corrected chi connectivity index (χ1v) is 8.63. The van der Waals surface area contributed by atoms with Gasteiger partial charge in [0, 0.05) is 19.0 Å². The number of carbonyl (C=O) groups excluding carboxylic acids is 3. The maximum Gasteiger partial charge on any atom is 0.410 e. The molecule has 1 unspecified atom stereocenters. The molecule has 1 heterocycles. The standard InChI is InChI=1S/C19H25NO6/c1-19(2,3)26-18(25)20-9-5-6-12(11-20)15(23)10-16(24)17-13(21)7-4-8-14(17)22/h4,7-8,12,21-22H,5-6,9-11H2,1-3H3. The van der Waals surface area contributed by atoms with Gasteiger partial charge in [0.05, 0.1) is 6.42 Å². The molecule has 1 fully saturated rings. The van der Waals surface area contributed by atoms with Crippen molar-refractivity contribution in [3.63, 3.8) is 0 Å². The largest absolute Gasteiger partial charge is 0.507 e. The Kier molecular flexibility index (Phi) is 5.90. The summed E-state index contributed by atoms with van der Waals surface area (Å²) in [6, 6.07) is 3.97. The van der Waals surface area contributed by atoms with Crippen molar-refractivity contribution in [1.82, 2.24) is 4.90 Å². The number of rotatable bonds is 4. The Balaban J connectivity index is 2.01. The molecule has 26 heavy (non-hydrogen) atoms. The van der Waals surface area contributed by atoms with Crippen molar-refractivity contribution in [2.24, 2.45) is 5.92 Å². The fourth-order valence-corrected chi connectivity index (χ4v) is 2.94. The Hall–Kier alpha value is -2.57. The summed E-state index contributed by atoms with van der Waals surface area (Å²) in [5.41, 5.74) is -0.868. The average molecular weight is 363 g/mol. The predicted molar refractivity (Wildman–Crippen MR) is 94.3 cm³/mol. The summed E-state index contributed by atoms with van der Waals surface area (Å²) in [6.07, 6.45) is 0.321. The molecular formula is C19H25NO6. The highest BCUT2D eigenvalue weighted by molar-refractivity contribution is 6.11. The van der Waals surface area contributed by atoms with E-state index in [4.69, 9.17) is 4.74 Å². The van der Waals surface area contributed by atoms with Crippen molar-refractivity contribution < 1.29 is 29.3 Å². The zero-order chi connectivity index (χ0) is 19.5. The van der Waals surface area contributed by atoms with Gasteiger partial charge in [-0.2, -0.15) is 0 Å². The van der Waals surface area contributed by atoms with Gasteiger partial charge in [-0.05, 0) is 45.7 Å². The number of likely N-dealkylation sites (tertiary alicyclic amines) is 1. The Morgan fingerprint density at radius 3 is 2.38 bits per heavy atom. The number of phenolic OH excluding ortho intramolecular Hbond substituents is 2. The molecule has 1 aromatic rings. The van der Waals surface area contributed by atoms with Crippen LogP contribution in [0.5, 0.6) is 11.5 Å². The summed E-state index contributed by atoms with van der Waals surface area (Å²) in [5.74, 6) is -2.14. The third kappa shape index (κ3) is 4.97. The van der Waals surface area contributed by atoms with Gasteiger partial charge in [-0.25, -0.2) is 4.79 Å². The number of amides is 1. The lowest BCUT2D eigenvalue weighted by atomic mass is 9.90. The zero-order valence-electron chi connectivity index (χ0n) is 15.3. The second kappa shape index (κ2) is 7.76. The van der Waals surface area contributed by atoms with Crippen LogP contribution < -0.4 is 0 Å². The number of Topliss-reactive ketones (excluding diaryl/α,β-unsaturated/α-hetero) is 2. The molecule has 7 nitrogen and oxygen atoms in total. The monoisotopic (exact) mass is 363 g/mol. The van der Waals surface area contributed by atoms with Crippen molar-refractivity contribution in [1.29, 1.82) is 0 Å². The molecule has 0 radical (unpaired) electrons. The number of benzene rings is 1. The van der Waals surface area contributed by atoms with Gasteiger partial charge in [0.25, 0.3) is 0 Å². The summed E-state index contributed by atoms with van der Waals surface area (Å²) in [7, 11) is 0. The molecule has 0 saturated carbocycles. The molecule has 0 spiro atoms. The number of ether oxygens (including phenoxy) is 1. The number of piperidine rings is 1. The SMILES string of the molecule is CC(C)(C)OC(=O)N1CCCC(C(=O)CC(=O)c2c(O)cccc2O)C1. The number of nitrogens with zero attached hydrogens (tertiary/aromatic N) is 1. The number of hydrogen-bond donors (Lipinski definition) is 2. The Morgan fingerprint density at radius 2 is 1.81 bits per heavy atom. The average Bonchev–Trinajstić information content (AvgIpc) is 2.53. The van der Waals surface area contributed by atoms with E-state index >= 15 is 0 Å². The molecule has 1 aliphatic rings. The van der Waals surface area contributed by atoms with E-state index in [1.165, 1.54) is 23.1 Å². The summed E-state index contributed by atoms with van der Waals surface area (Å²) >= 11 is 0. The fourth-order valence-electron chi connectivity index (χ4n) is 2.94. The van der Waals surface area contributed by atoms with E-state index in [1.807, 2.05) is 0 Å². The third-order valence-corrected chi connectivity index (χ3v) is 4.16. The Morgan fingerprint density at radius 1 is 1.19 bits per heavy atom. The van der Waals surface area contributed by atoms with Crippen LogP contribution in [0.2, 0.25) is 0 Å². The topological polar surface area (TPSA) is 104 Å². The van der Waals surface area contributed by atoms with Crippen molar-refractivity contribution in [2.45, 2.75) is 45.6 Å². The summed E-state index contributed by atoms with van der Waals surface area (Å²) in [6.45, 7) is 6.03. The number of ketones is 2. The predicted octanol–water partition coefficient (Wildman–Crippen LogP) is 2.89. The van der Waals surface area contributed by atoms with Crippen LogP contribution in [0.25, 0.3) is 0 Å². The van der Waals surface area contributed by atoms with Gasteiger partial charge in [-0.1, -0.05) is 6.07 Å². The van der Waals surface area contributed by atoms with Crippen LogP contribution in [0.1, 0.15) is 50.4 Å². The van der Waals surface area contributed by atoms with Gasteiger partial charge in [0.1, 0.15) is 28.4 Å². The molecule has 1 atom stereocenters. The fraction of sp³-hybridized carbons (Fsp3) is 0.526. The zero-order valence-corrected chi connectivity index (χ0v) is 15.3. The van der Waals surface area contributed by atoms with E-state index in [9.17, 15) is 24.6 Å².